The molecule has 0 aromatic heterocycles. The predicted octanol–water partition coefficient (Wildman–Crippen LogP) is 1.61. The number of dihydropyridines is 1. The van der Waals surface area contributed by atoms with Crippen LogP contribution in [-0.2, 0) is 9.59 Å². The Labute approximate surface area is 101 Å². The van der Waals surface area contributed by atoms with Gasteiger partial charge in [-0.1, -0.05) is 19.3 Å². The molecule has 1 fully saturated rings. The Morgan fingerprint density at radius 2 is 2.12 bits per heavy atom. The normalized spacial score (nSPS) is 21.2. The first-order chi connectivity index (χ1) is 8.25. The van der Waals surface area contributed by atoms with Crippen LogP contribution in [0.25, 0.3) is 0 Å². The molecule has 0 bridgehead atoms. The van der Waals surface area contributed by atoms with E-state index >= 15 is 0 Å². The summed E-state index contributed by atoms with van der Waals surface area (Å²) in [7, 11) is 0. The lowest BCUT2D eigenvalue weighted by Gasteiger charge is -2.22. The van der Waals surface area contributed by atoms with Crippen LogP contribution >= 0.6 is 0 Å². The molecule has 0 saturated heterocycles. The number of carbonyl (C=O) groups excluding carboxylic acids is 2. The number of amides is 2. The van der Waals surface area contributed by atoms with E-state index in [0.717, 1.165) is 6.54 Å². The van der Waals surface area contributed by atoms with E-state index in [4.69, 9.17) is 0 Å². The highest BCUT2D eigenvalue weighted by Gasteiger charge is 2.18. The van der Waals surface area contributed by atoms with E-state index in [1.54, 1.807) is 6.08 Å². The Balaban J connectivity index is 1.78. The molecule has 4 nitrogen and oxygen atoms in total. The second-order valence-electron chi connectivity index (χ2n) is 4.75. The molecule has 2 amide bonds. The van der Waals surface area contributed by atoms with Gasteiger partial charge >= 0.3 is 0 Å². The Hall–Kier alpha value is -1.45. The van der Waals surface area contributed by atoms with Gasteiger partial charge in [-0.25, -0.2) is 4.99 Å². The fourth-order valence-corrected chi connectivity index (χ4v) is 2.38. The molecule has 0 aromatic carbocycles. The molecule has 0 radical (unpaired) electrons. The molecule has 1 N–H and O–H groups in total. The molecule has 1 aliphatic carbocycles. The molecule has 4 heteroatoms. The molecular formula is C13H18N2O2. The van der Waals surface area contributed by atoms with Crippen LogP contribution in [0.15, 0.2) is 16.6 Å². The Kier molecular flexibility index (Phi) is 4.07. The van der Waals surface area contributed by atoms with E-state index in [0.29, 0.717) is 11.5 Å². The van der Waals surface area contributed by atoms with Crippen molar-refractivity contribution in [2.45, 2.75) is 38.5 Å². The van der Waals surface area contributed by atoms with Gasteiger partial charge in [0.25, 0.3) is 0 Å². The van der Waals surface area contributed by atoms with Gasteiger partial charge in [0.2, 0.25) is 11.8 Å². The van der Waals surface area contributed by atoms with Crippen LogP contribution in [0, 0.1) is 5.92 Å². The van der Waals surface area contributed by atoms with Crippen molar-refractivity contribution in [1.29, 1.82) is 0 Å². The third kappa shape index (κ3) is 3.51. The summed E-state index contributed by atoms with van der Waals surface area (Å²) in [6.45, 7) is 0.738. The first-order valence-electron chi connectivity index (χ1n) is 6.30. The molecule has 92 valence electrons. The average molecular weight is 234 g/mol. The second kappa shape index (κ2) is 5.75. The monoisotopic (exact) mass is 234 g/mol. The number of rotatable bonds is 3. The van der Waals surface area contributed by atoms with Gasteiger partial charge in [0.05, 0.1) is 6.42 Å². The molecule has 2 aliphatic rings. The highest BCUT2D eigenvalue weighted by Crippen LogP contribution is 2.22. The van der Waals surface area contributed by atoms with Gasteiger partial charge in [-0.15, -0.1) is 0 Å². The maximum Gasteiger partial charge on any atom is 0.250 e. The zero-order valence-electron chi connectivity index (χ0n) is 9.95. The van der Waals surface area contributed by atoms with Crippen molar-refractivity contribution in [3.63, 3.8) is 0 Å². The summed E-state index contributed by atoms with van der Waals surface area (Å²) < 4.78 is 0. The maximum atomic E-state index is 11.8. The van der Waals surface area contributed by atoms with E-state index in [9.17, 15) is 9.59 Å². The number of carbonyl (C=O) groups is 2. The lowest BCUT2D eigenvalue weighted by atomic mass is 9.89. The summed E-state index contributed by atoms with van der Waals surface area (Å²) in [6, 6.07) is 0. The fourth-order valence-electron chi connectivity index (χ4n) is 2.38. The van der Waals surface area contributed by atoms with Crippen molar-refractivity contribution >= 4 is 18.0 Å². The van der Waals surface area contributed by atoms with Crippen LogP contribution in [0.3, 0.4) is 0 Å². The first-order valence-corrected chi connectivity index (χ1v) is 6.30. The Morgan fingerprint density at radius 3 is 2.82 bits per heavy atom. The van der Waals surface area contributed by atoms with Gasteiger partial charge in [0.1, 0.15) is 0 Å². The first kappa shape index (κ1) is 12.0. The molecular weight excluding hydrogens is 216 g/mol. The van der Waals surface area contributed by atoms with Crippen LogP contribution in [-0.4, -0.2) is 24.6 Å². The minimum absolute atomic E-state index is 0.116. The molecule has 1 heterocycles. The number of aliphatic imine (C=N–C) groups is 1. The van der Waals surface area contributed by atoms with E-state index in [-0.39, 0.29) is 18.2 Å². The van der Waals surface area contributed by atoms with E-state index in [2.05, 4.69) is 10.3 Å². The van der Waals surface area contributed by atoms with E-state index < -0.39 is 0 Å². The Bertz CT molecular complexity index is 366. The highest BCUT2D eigenvalue weighted by atomic mass is 16.2. The van der Waals surface area contributed by atoms with Crippen molar-refractivity contribution in [1.82, 2.24) is 5.32 Å². The van der Waals surface area contributed by atoms with Gasteiger partial charge in [-0.3, -0.25) is 9.59 Å². The van der Waals surface area contributed by atoms with Crippen molar-refractivity contribution < 1.29 is 9.59 Å². The van der Waals surface area contributed by atoms with Crippen LogP contribution in [0.4, 0.5) is 0 Å². The highest BCUT2D eigenvalue weighted by molar-refractivity contribution is 6.06. The predicted molar refractivity (Wildman–Crippen MR) is 65.8 cm³/mol. The summed E-state index contributed by atoms with van der Waals surface area (Å²) in [5.74, 6) is 0.256. The zero-order valence-corrected chi connectivity index (χ0v) is 9.95. The van der Waals surface area contributed by atoms with Crippen molar-refractivity contribution in [2.24, 2.45) is 10.9 Å². The third-order valence-electron chi connectivity index (χ3n) is 3.40. The van der Waals surface area contributed by atoms with Crippen molar-refractivity contribution in [3.8, 4) is 0 Å². The minimum atomic E-state index is -0.240. The minimum Gasteiger partial charge on any atom is -0.352 e. The van der Waals surface area contributed by atoms with Gasteiger partial charge in [-0.05, 0) is 24.8 Å². The molecule has 0 aromatic rings. The standard InChI is InChI=1S/C13H18N2O2/c16-12-8-11(6-7-14-12)13(17)15-9-10-4-2-1-3-5-10/h6-7,10H,1-5,8-9H2,(H,15,17). The topological polar surface area (TPSA) is 58.5 Å². The van der Waals surface area contributed by atoms with Crippen LogP contribution in [0.1, 0.15) is 38.5 Å². The molecule has 0 spiro atoms. The summed E-state index contributed by atoms with van der Waals surface area (Å²) >= 11 is 0. The van der Waals surface area contributed by atoms with Gasteiger partial charge < -0.3 is 5.32 Å². The molecule has 1 aliphatic heterocycles. The molecule has 17 heavy (non-hydrogen) atoms. The zero-order chi connectivity index (χ0) is 12.1. The molecule has 2 rings (SSSR count). The molecule has 0 atom stereocenters. The van der Waals surface area contributed by atoms with Crippen LogP contribution in [0.5, 0.6) is 0 Å². The average Bonchev–Trinajstić information content (AvgIpc) is 2.37. The lowest BCUT2D eigenvalue weighted by Crippen LogP contribution is -2.32. The SMILES string of the molecule is O=C1CC(C(=O)NCC2CCCCC2)=CC=N1. The van der Waals surface area contributed by atoms with Gasteiger partial charge in [0.15, 0.2) is 0 Å². The summed E-state index contributed by atoms with van der Waals surface area (Å²) in [4.78, 5) is 26.5. The van der Waals surface area contributed by atoms with Gasteiger partial charge in [-0.2, -0.15) is 0 Å². The molecule has 0 unspecified atom stereocenters. The Morgan fingerprint density at radius 1 is 1.35 bits per heavy atom. The van der Waals surface area contributed by atoms with Crippen LogP contribution in [0.2, 0.25) is 0 Å². The summed E-state index contributed by atoms with van der Waals surface area (Å²) in [5.41, 5.74) is 0.529. The van der Waals surface area contributed by atoms with E-state index in [1.807, 2.05) is 0 Å². The van der Waals surface area contributed by atoms with Crippen molar-refractivity contribution in [2.75, 3.05) is 6.54 Å². The molecule has 1 saturated carbocycles. The number of nitrogens with one attached hydrogen (secondary N) is 1. The number of nitrogens with zero attached hydrogens (tertiary/aromatic N) is 1. The van der Waals surface area contributed by atoms with Crippen molar-refractivity contribution in [3.05, 3.63) is 11.6 Å². The lowest BCUT2D eigenvalue weighted by molar-refractivity contribution is -0.121. The smallest absolute Gasteiger partial charge is 0.250 e. The number of hydrogen-bond acceptors (Lipinski definition) is 2. The summed E-state index contributed by atoms with van der Waals surface area (Å²) in [6.07, 6.45) is 9.44. The van der Waals surface area contributed by atoms with Crippen LogP contribution < -0.4 is 5.32 Å². The summed E-state index contributed by atoms with van der Waals surface area (Å²) in [5, 5.41) is 2.92. The quantitative estimate of drug-likeness (QED) is 0.806. The number of hydrogen-bond donors (Lipinski definition) is 1. The maximum absolute atomic E-state index is 11.8. The van der Waals surface area contributed by atoms with Gasteiger partial charge in [0, 0.05) is 18.3 Å². The van der Waals surface area contributed by atoms with E-state index in [1.165, 1.54) is 38.3 Å². The fraction of sp³-hybridized carbons (Fsp3) is 0.615. The largest absolute Gasteiger partial charge is 0.352 e. The third-order valence-corrected chi connectivity index (χ3v) is 3.40. The second-order valence-corrected chi connectivity index (χ2v) is 4.75. The number of allylic oxidation sites excluding steroid dienone is 1.